The van der Waals surface area contributed by atoms with Crippen LogP contribution in [0.25, 0.3) is 11.4 Å². The lowest BCUT2D eigenvalue weighted by atomic mass is 10.2. The van der Waals surface area contributed by atoms with E-state index in [4.69, 9.17) is 16.3 Å². The summed E-state index contributed by atoms with van der Waals surface area (Å²) in [4.78, 5) is 8.84. The molecule has 1 aromatic heterocycles. The van der Waals surface area contributed by atoms with E-state index >= 15 is 0 Å². The van der Waals surface area contributed by atoms with Crippen molar-refractivity contribution < 1.29 is 4.74 Å². The predicted molar refractivity (Wildman–Crippen MR) is 83.8 cm³/mol. The van der Waals surface area contributed by atoms with Crippen molar-refractivity contribution in [2.45, 2.75) is 13.3 Å². The van der Waals surface area contributed by atoms with Gasteiger partial charge in [-0.3, -0.25) is 0 Å². The molecule has 0 fully saturated rings. The molecule has 1 aromatic carbocycles. The van der Waals surface area contributed by atoms with E-state index in [1.807, 2.05) is 25.1 Å². The standard InChI is InChI=1S/C13H11Br2ClN2O/c1-3-10-11(15)12(16)18-13(17-10)8-6-7(19-2)4-5-9(8)14/h4-6H,3H2,1-2H3. The van der Waals surface area contributed by atoms with Crippen LogP contribution >= 0.6 is 43.5 Å². The molecule has 0 aliphatic rings. The highest BCUT2D eigenvalue weighted by atomic mass is 79.9. The van der Waals surface area contributed by atoms with Gasteiger partial charge in [-0.15, -0.1) is 0 Å². The van der Waals surface area contributed by atoms with Crippen molar-refractivity contribution in [3.8, 4) is 17.1 Å². The van der Waals surface area contributed by atoms with Crippen molar-refractivity contribution in [3.05, 3.63) is 38.0 Å². The van der Waals surface area contributed by atoms with E-state index in [2.05, 4.69) is 41.8 Å². The number of hydrogen-bond donors (Lipinski definition) is 0. The van der Waals surface area contributed by atoms with Crippen molar-refractivity contribution in [2.24, 2.45) is 0 Å². The lowest BCUT2D eigenvalue weighted by Crippen LogP contribution is -1.98. The van der Waals surface area contributed by atoms with Crippen molar-refractivity contribution >= 4 is 43.5 Å². The Morgan fingerprint density at radius 1 is 1.26 bits per heavy atom. The summed E-state index contributed by atoms with van der Waals surface area (Å²) in [7, 11) is 1.62. The molecule has 2 rings (SSSR count). The van der Waals surface area contributed by atoms with Gasteiger partial charge in [-0.05, 0) is 40.5 Å². The third-order valence-corrected chi connectivity index (χ3v) is 4.66. The van der Waals surface area contributed by atoms with Gasteiger partial charge in [0.2, 0.25) is 0 Å². The van der Waals surface area contributed by atoms with E-state index in [1.54, 1.807) is 7.11 Å². The highest BCUT2D eigenvalue weighted by molar-refractivity contribution is 9.11. The minimum atomic E-state index is 0.413. The molecule has 2 aromatic rings. The Morgan fingerprint density at radius 3 is 2.63 bits per heavy atom. The maximum atomic E-state index is 6.13. The Balaban J connectivity index is 2.61. The van der Waals surface area contributed by atoms with Gasteiger partial charge in [0.25, 0.3) is 0 Å². The van der Waals surface area contributed by atoms with Crippen molar-refractivity contribution in [3.63, 3.8) is 0 Å². The summed E-state index contributed by atoms with van der Waals surface area (Å²) in [5.74, 6) is 1.33. The summed E-state index contributed by atoms with van der Waals surface area (Å²) in [5.41, 5.74) is 1.73. The third-order valence-electron chi connectivity index (χ3n) is 2.63. The number of ether oxygens (including phenoxy) is 1. The Kier molecular flexibility index (Phi) is 4.81. The molecule has 0 unspecified atom stereocenters. The second-order valence-electron chi connectivity index (χ2n) is 3.80. The van der Waals surface area contributed by atoms with Crippen LogP contribution in [0.2, 0.25) is 5.15 Å². The predicted octanol–water partition coefficient (Wildman–Crippen LogP) is 4.89. The van der Waals surface area contributed by atoms with E-state index in [9.17, 15) is 0 Å². The lowest BCUT2D eigenvalue weighted by Gasteiger charge is -2.09. The number of benzene rings is 1. The van der Waals surface area contributed by atoms with Gasteiger partial charge in [-0.25, -0.2) is 9.97 Å². The molecule has 0 saturated heterocycles. The van der Waals surface area contributed by atoms with Gasteiger partial charge >= 0.3 is 0 Å². The first-order valence-electron chi connectivity index (χ1n) is 5.62. The maximum Gasteiger partial charge on any atom is 0.162 e. The number of nitrogens with zero attached hydrogens (tertiary/aromatic N) is 2. The second kappa shape index (κ2) is 6.20. The summed E-state index contributed by atoms with van der Waals surface area (Å²) in [5, 5.41) is 0.413. The van der Waals surface area contributed by atoms with Gasteiger partial charge in [0.05, 0.1) is 17.3 Å². The number of hydrogen-bond acceptors (Lipinski definition) is 3. The van der Waals surface area contributed by atoms with Gasteiger partial charge in [0.15, 0.2) is 5.82 Å². The van der Waals surface area contributed by atoms with E-state index in [0.717, 1.165) is 32.4 Å². The fourth-order valence-electron chi connectivity index (χ4n) is 1.62. The van der Waals surface area contributed by atoms with E-state index < -0.39 is 0 Å². The highest BCUT2D eigenvalue weighted by Gasteiger charge is 2.13. The normalized spacial score (nSPS) is 10.6. The topological polar surface area (TPSA) is 35.0 Å². The third kappa shape index (κ3) is 3.09. The van der Waals surface area contributed by atoms with Crippen molar-refractivity contribution in [2.75, 3.05) is 7.11 Å². The smallest absolute Gasteiger partial charge is 0.162 e. The summed E-state index contributed by atoms with van der Waals surface area (Å²) in [6, 6.07) is 5.65. The van der Waals surface area contributed by atoms with Gasteiger partial charge in [0, 0.05) is 10.0 Å². The molecule has 0 spiro atoms. The Labute approximate surface area is 133 Å². The molecule has 0 saturated carbocycles. The van der Waals surface area contributed by atoms with Crippen molar-refractivity contribution in [1.29, 1.82) is 0 Å². The number of methoxy groups -OCH3 is 1. The molecular weight excluding hydrogens is 395 g/mol. The van der Waals surface area contributed by atoms with E-state index in [0.29, 0.717) is 11.0 Å². The zero-order valence-corrected chi connectivity index (χ0v) is 14.3. The average molecular weight is 407 g/mol. The van der Waals surface area contributed by atoms with E-state index in [1.165, 1.54) is 0 Å². The number of aryl methyl sites for hydroxylation is 1. The monoisotopic (exact) mass is 404 g/mol. The molecule has 0 radical (unpaired) electrons. The van der Waals surface area contributed by atoms with Crippen LogP contribution in [0.4, 0.5) is 0 Å². The lowest BCUT2D eigenvalue weighted by molar-refractivity contribution is 0.415. The maximum absolute atomic E-state index is 6.13. The Bertz CT molecular complexity index is 620. The molecule has 3 nitrogen and oxygen atoms in total. The molecule has 0 bridgehead atoms. The molecule has 0 amide bonds. The van der Waals surface area contributed by atoms with Gasteiger partial charge in [0.1, 0.15) is 10.9 Å². The van der Waals surface area contributed by atoms with E-state index in [-0.39, 0.29) is 0 Å². The van der Waals surface area contributed by atoms with Crippen LogP contribution in [0, 0.1) is 0 Å². The summed E-state index contributed by atoms with van der Waals surface area (Å²) in [6.45, 7) is 2.02. The fourth-order valence-corrected chi connectivity index (χ4v) is 2.69. The van der Waals surface area contributed by atoms with Crippen molar-refractivity contribution in [1.82, 2.24) is 9.97 Å². The Hall–Kier alpha value is -0.650. The largest absolute Gasteiger partial charge is 0.497 e. The van der Waals surface area contributed by atoms with Crippen LogP contribution in [0.1, 0.15) is 12.6 Å². The SMILES string of the molecule is CCc1nc(-c2cc(OC)ccc2Br)nc(Cl)c1Br. The highest BCUT2D eigenvalue weighted by Crippen LogP contribution is 2.33. The van der Waals surface area contributed by atoms with Crippen LogP contribution in [0.5, 0.6) is 5.75 Å². The van der Waals surface area contributed by atoms with Gasteiger partial charge in [-0.2, -0.15) is 0 Å². The quantitative estimate of drug-likeness (QED) is 0.681. The first kappa shape index (κ1) is 14.8. The number of halogens is 3. The zero-order valence-electron chi connectivity index (χ0n) is 10.4. The minimum Gasteiger partial charge on any atom is -0.497 e. The summed E-state index contributed by atoms with van der Waals surface area (Å²) in [6.07, 6.45) is 0.775. The van der Waals surface area contributed by atoms with Crippen LogP contribution in [-0.4, -0.2) is 17.1 Å². The Morgan fingerprint density at radius 2 is 2.00 bits per heavy atom. The number of aromatic nitrogens is 2. The first-order chi connectivity index (χ1) is 9.06. The summed E-state index contributed by atoms with van der Waals surface area (Å²) >= 11 is 13.0. The first-order valence-corrected chi connectivity index (χ1v) is 7.59. The molecule has 1 heterocycles. The molecule has 100 valence electrons. The molecule has 19 heavy (non-hydrogen) atoms. The zero-order chi connectivity index (χ0) is 14.0. The molecule has 0 N–H and O–H groups in total. The van der Waals surface area contributed by atoms with Gasteiger partial charge in [-0.1, -0.05) is 34.5 Å². The van der Waals surface area contributed by atoms with Crippen LogP contribution in [0.15, 0.2) is 27.1 Å². The molecule has 0 aliphatic heterocycles. The average Bonchev–Trinajstić information content (AvgIpc) is 2.42. The minimum absolute atomic E-state index is 0.413. The number of rotatable bonds is 3. The van der Waals surface area contributed by atoms with Gasteiger partial charge < -0.3 is 4.74 Å². The molecule has 0 atom stereocenters. The molecule has 0 aliphatic carbocycles. The second-order valence-corrected chi connectivity index (χ2v) is 5.80. The van der Waals surface area contributed by atoms with Crippen LogP contribution in [0.3, 0.4) is 0 Å². The van der Waals surface area contributed by atoms with Crippen LogP contribution < -0.4 is 4.74 Å². The van der Waals surface area contributed by atoms with Crippen LogP contribution in [-0.2, 0) is 6.42 Å². The molecular formula is C13H11Br2ClN2O. The summed E-state index contributed by atoms with van der Waals surface area (Å²) < 4.78 is 6.87. The fraction of sp³-hybridized carbons (Fsp3) is 0.231. The molecule has 6 heteroatoms.